The standard InChI is InChI=1S/C26H27F7N4O5S/c1-43(40,41)36-23(39)21-17(20-9-11-37(35-20)15-5-6-15)14-24(26(31,32)33,34-22(21)38)18-8-7-16(13-19(18)27)42-12-4-2-3-10-25(28,29)30/h7-9,11,13,15H,2-6,10,12,14H2,1H3,(H,34,38)(H,36,39). The van der Waals surface area contributed by atoms with E-state index >= 15 is 4.39 Å². The molecule has 1 unspecified atom stereocenters. The van der Waals surface area contributed by atoms with Gasteiger partial charge in [0.25, 0.3) is 11.8 Å². The number of hydrogen-bond acceptors (Lipinski definition) is 6. The number of sulfonamides is 1. The van der Waals surface area contributed by atoms with Gasteiger partial charge >= 0.3 is 12.4 Å². The summed E-state index contributed by atoms with van der Waals surface area (Å²) in [5.74, 6) is -4.69. The Kier molecular flexibility index (Phi) is 8.86. The largest absolute Gasteiger partial charge is 0.493 e. The Hall–Kier alpha value is -3.63. The fourth-order valence-electron chi connectivity index (χ4n) is 4.72. The minimum atomic E-state index is -5.33. The summed E-state index contributed by atoms with van der Waals surface area (Å²) in [4.78, 5) is 26.0. The predicted octanol–water partition coefficient (Wildman–Crippen LogP) is 4.67. The lowest BCUT2D eigenvalue weighted by molar-refractivity contribution is -0.202. The normalized spacial score (nSPS) is 19.8. The van der Waals surface area contributed by atoms with Gasteiger partial charge in [-0.1, -0.05) is 0 Å². The molecule has 1 aliphatic heterocycles. The van der Waals surface area contributed by atoms with E-state index < -0.39 is 75.1 Å². The van der Waals surface area contributed by atoms with Crippen LogP contribution in [0.3, 0.4) is 0 Å². The Morgan fingerprint density at radius 2 is 1.84 bits per heavy atom. The molecule has 43 heavy (non-hydrogen) atoms. The third kappa shape index (κ3) is 7.67. The van der Waals surface area contributed by atoms with Crippen molar-refractivity contribution in [2.24, 2.45) is 0 Å². The number of halogens is 7. The van der Waals surface area contributed by atoms with Crippen molar-refractivity contribution in [3.63, 3.8) is 0 Å². The first-order valence-corrected chi connectivity index (χ1v) is 15.0. The second-order valence-electron chi connectivity index (χ2n) is 10.4. The van der Waals surface area contributed by atoms with Gasteiger partial charge in [0.15, 0.2) is 5.54 Å². The van der Waals surface area contributed by atoms with Crippen molar-refractivity contribution >= 4 is 27.4 Å². The SMILES string of the molecule is CS(=O)(=O)NC(=O)C1=C(c2ccn(C3CC3)n2)CC(c2ccc(OCCCCCC(F)(F)F)cc2F)(C(F)(F)F)NC1=O. The van der Waals surface area contributed by atoms with E-state index in [1.807, 2.05) is 0 Å². The van der Waals surface area contributed by atoms with Crippen molar-refractivity contribution in [1.29, 1.82) is 0 Å². The smallest absolute Gasteiger partial charge is 0.416 e. The molecule has 236 valence electrons. The quantitative estimate of drug-likeness (QED) is 0.210. The van der Waals surface area contributed by atoms with Crippen LogP contribution in [0.4, 0.5) is 30.7 Å². The van der Waals surface area contributed by atoms with E-state index in [4.69, 9.17) is 4.74 Å². The Morgan fingerprint density at radius 3 is 2.42 bits per heavy atom. The summed E-state index contributed by atoms with van der Waals surface area (Å²) in [6.07, 6.45) is -8.04. The molecule has 2 aliphatic rings. The van der Waals surface area contributed by atoms with Gasteiger partial charge in [-0.2, -0.15) is 31.4 Å². The molecule has 1 atom stereocenters. The minimum Gasteiger partial charge on any atom is -0.493 e. The Morgan fingerprint density at radius 1 is 1.14 bits per heavy atom. The summed E-state index contributed by atoms with van der Waals surface area (Å²) in [5.41, 5.74) is -6.05. The number of nitrogens with zero attached hydrogens (tertiary/aromatic N) is 2. The van der Waals surface area contributed by atoms with E-state index in [0.717, 1.165) is 25.0 Å². The number of unbranched alkanes of at least 4 members (excludes halogenated alkanes) is 2. The molecule has 9 nitrogen and oxygen atoms in total. The number of hydrogen-bond donors (Lipinski definition) is 2. The molecule has 1 fully saturated rings. The molecule has 1 aromatic carbocycles. The maximum absolute atomic E-state index is 15.4. The number of alkyl halides is 6. The molecule has 2 amide bonds. The van der Waals surface area contributed by atoms with Crippen molar-refractivity contribution in [3.8, 4) is 5.75 Å². The highest BCUT2D eigenvalue weighted by Gasteiger charge is 2.61. The molecule has 0 saturated heterocycles. The first-order chi connectivity index (χ1) is 19.9. The van der Waals surface area contributed by atoms with Gasteiger partial charge in [-0.25, -0.2) is 17.5 Å². The van der Waals surface area contributed by atoms with Crippen molar-refractivity contribution in [2.45, 2.75) is 68.9 Å². The van der Waals surface area contributed by atoms with Crippen LogP contribution in [0.2, 0.25) is 0 Å². The van der Waals surface area contributed by atoms with Gasteiger partial charge < -0.3 is 10.1 Å². The summed E-state index contributed by atoms with van der Waals surface area (Å²) >= 11 is 0. The molecule has 2 N–H and O–H groups in total. The molecule has 17 heteroatoms. The fourth-order valence-corrected chi connectivity index (χ4v) is 5.16. The number of carbonyl (C=O) groups is 2. The van der Waals surface area contributed by atoms with E-state index in [0.29, 0.717) is 12.3 Å². The molecular weight excluding hydrogens is 613 g/mol. The number of carbonyl (C=O) groups excluding carboxylic acids is 2. The lowest BCUT2D eigenvalue weighted by Gasteiger charge is -2.41. The number of aromatic nitrogens is 2. The zero-order chi connectivity index (χ0) is 31.8. The van der Waals surface area contributed by atoms with Crippen LogP contribution in [0.1, 0.15) is 62.2 Å². The maximum atomic E-state index is 15.4. The predicted molar refractivity (Wildman–Crippen MR) is 137 cm³/mol. The van der Waals surface area contributed by atoms with Crippen LogP contribution >= 0.6 is 0 Å². The van der Waals surface area contributed by atoms with Gasteiger partial charge in [-0.3, -0.25) is 14.3 Å². The molecule has 2 heterocycles. The Bertz CT molecular complexity index is 1530. The molecular formula is C26H27F7N4O5S. The molecule has 1 aliphatic carbocycles. The highest BCUT2D eigenvalue weighted by atomic mass is 32.2. The number of benzene rings is 1. The average Bonchev–Trinajstić information content (AvgIpc) is 3.59. The van der Waals surface area contributed by atoms with Crippen LogP contribution in [0, 0.1) is 5.82 Å². The summed E-state index contributed by atoms with van der Waals surface area (Å²) in [5, 5.41) is 5.91. The van der Waals surface area contributed by atoms with Gasteiger partial charge in [0.2, 0.25) is 10.0 Å². The van der Waals surface area contributed by atoms with Gasteiger partial charge in [-0.15, -0.1) is 0 Å². The van der Waals surface area contributed by atoms with Crippen LogP contribution in [0.15, 0.2) is 36.0 Å². The van der Waals surface area contributed by atoms with Crippen LogP contribution in [-0.2, 0) is 25.2 Å². The summed E-state index contributed by atoms with van der Waals surface area (Å²) in [6.45, 7) is -0.118. The number of ether oxygens (including phenoxy) is 1. The molecule has 4 rings (SSSR count). The Labute approximate surface area is 241 Å². The van der Waals surface area contributed by atoms with Crippen LogP contribution < -0.4 is 14.8 Å². The first kappa shape index (κ1) is 32.3. The third-order valence-corrected chi connectivity index (χ3v) is 7.46. The summed E-state index contributed by atoms with van der Waals surface area (Å²) in [6, 6.07) is 3.68. The lowest BCUT2D eigenvalue weighted by Crippen LogP contribution is -2.60. The van der Waals surface area contributed by atoms with E-state index in [1.54, 1.807) is 10.0 Å². The molecule has 1 saturated carbocycles. The highest BCUT2D eigenvalue weighted by Crippen LogP contribution is 2.49. The number of rotatable bonds is 11. The number of nitrogens with one attached hydrogen (secondary N) is 2. The second kappa shape index (κ2) is 11.8. The zero-order valence-corrected chi connectivity index (χ0v) is 23.4. The topological polar surface area (TPSA) is 119 Å². The van der Waals surface area contributed by atoms with Crippen LogP contribution in [0.25, 0.3) is 5.57 Å². The van der Waals surface area contributed by atoms with E-state index in [9.17, 15) is 44.3 Å². The van der Waals surface area contributed by atoms with Gasteiger partial charge in [0, 0.05) is 36.2 Å². The molecule has 0 radical (unpaired) electrons. The van der Waals surface area contributed by atoms with Gasteiger partial charge in [-0.05, 0) is 50.3 Å². The molecule has 0 spiro atoms. The lowest BCUT2D eigenvalue weighted by atomic mass is 9.77. The third-order valence-electron chi connectivity index (χ3n) is 6.90. The van der Waals surface area contributed by atoms with Crippen molar-refractivity contribution in [2.75, 3.05) is 12.9 Å². The molecule has 2 aromatic rings. The second-order valence-corrected chi connectivity index (χ2v) is 12.2. The summed E-state index contributed by atoms with van der Waals surface area (Å²) < 4.78 is 128. The minimum absolute atomic E-state index is 0.0259. The van der Waals surface area contributed by atoms with Crippen molar-refractivity contribution < 1.29 is 53.5 Å². The van der Waals surface area contributed by atoms with E-state index in [2.05, 4.69) is 5.10 Å². The zero-order valence-electron chi connectivity index (χ0n) is 22.6. The first-order valence-electron chi connectivity index (χ1n) is 13.1. The average molecular weight is 641 g/mol. The molecule has 0 bridgehead atoms. The van der Waals surface area contributed by atoms with E-state index in [-0.39, 0.29) is 43.4 Å². The van der Waals surface area contributed by atoms with Crippen LogP contribution in [-0.4, -0.2) is 55.2 Å². The monoisotopic (exact) mass is 640 g/mol. The van der Waals surface area contributed by atoms with Gasteiger partial charge in [0.05, 0.1) is 24.6 Å². The maximum Gasteiger partial charge on any atom is 0.416 e. The molecule has 1 aromatic heterocycles. The van der Waals surface area contributed by atoms with Crippen molar-refractivity contribution in [3.05, 3.63) is 53.1 Å². The Balaban J connectivity index is 1.67. The van der Waals surface area contributed by atoms with Gasteiger partial charge in [0.1, 0.15) is 17.1 Å². The van der Waals surface area contributed by atoms with Crippen molar-refractivity contribution in [1.82, 2.24) is 19.8 Å². The number of amides is 2. The fraction of sp³-hybridized carbons (Fsp3) is 0.500. The van der Waals surface area contributed by atoms with E-state index in [1.165, 1.54) is 16.9 Å². The highest BCUT2D eigenvalue weighted by molar-refractivity contribution is 7.89. The van der Waals surface area contributed by atoms with Crippen LogP contribution in [0.5, 0.6) is 5.75 Å². The summed E-state index contributed by atoms with van der Waals surface area (Å²) in [7, 11) is -4.23.